The average Bonchev–Trinajstić information content (AvgIpc) is 2.56. The summed E-state index contributed by atoms with van der Waals surface area (Å²) in [6, 6.07) is 6.16. The molecule has 1 heterocycles. The molecule has 0 bridgehead atoms. The minimum atomic E-state index is 0.605. The van der Waals surface area contributed by atoms with E-state index in [0.29, 0.717) is 5.92 Å². The van der Waals surface area contributed by atoms with Crippen LogP contribution in [-0.2, 0) is 0 Å². The first-order valence-electron chi connectivity index (χ1n) is 4.53. The van der Waals surface area contributed by atoms with Crippen LogP contribution in [0.15, 0.2) is 22.7 Å². The second-order valence-corrected chi connectivity index (χ2v) is 4.38. The molecule has 0 aromatic heterocycles. The molecule has 0 spiro atoms. The van der Waals surface area contributed by atoms with E-state index < -0.39 is 0 Å². The maximum atomic E-state index is 5.94. The predicted molar refractivity (Wildman–Crippen MR) is 58.8 cm³/mol. The zero-order chi connectivity index (χ0) is 9.26. The summed E-state index contributed by atoms with van der Waals surface area (Å²) in [6.07, 6.45) is 1.20. The fraction of sp³-hybridized carbons (Fsp3) is 0.400. The molecule has 3 N–H and O–H groups in total. The van der Waals surface area contributed by atoms with E-state index in [2.05, 4.69) is 33.4 Å². The van der Waals surface area contributed by atoms with Crippen LogP contribution >= 0.6 is 15.9 Å². The number of nitrogens with two attached hydrogens (primary N) is 1. The van der Waals surface area contributed by atoms with Crippen molar-refractivity contribution < 1.29 is 0 Å². The number of nitrogens with one attached hydrogen (secondary N) is 1. The van der Waals surface area contributed by atoms with E-state index in [1.807, 2.05) is 6.07 Å². The Morgan fingerprint density at radius 2 is 2.31 bits per heavy atom. The fourth-order valence-electron chi connectivity index (χ4n) is 1.84. The van der Waals surface area contributed by atoms with E-state index in [9.17, 15) is 0 Å². The van der Waals surface area contributed by atoms with Gasteiger partial charge in [-0.1, -0.05) is 22.0 Å². The molecule has 1 aliphatic heterocycles. The Hall–Kier alpha value is -0.540. The van der Waals surface area contributed by atoms with E-state index >= 15 is 0 Å². The number of halogens is 1. The van der Waals surface area contributed by atoms with Crippen molar-refractivity contribution in [3.8, 4) is 0 Å². The van der Waals surface area contributed by atoms with Crippen molar-refractivity contribution in [3.63, 3.8) is 0 Å². The average molecular weight is 241 g/mol. The van der Waals surface area contributed by atoms with Crippen LogP contribution in [0.3, 0.4) is 0 Å². The Balaban J connectivity index is 2.29. The molecule has 0 radical (unpaired) electrons. The molecule has 13 heavy (non-hydrogen) atoms. The summed E-state index contributed by atoms with van der Waals surface area (Å²) in [5.74, 6) is 0.605. The molecular weight excluding hydrogens is 228 g/mol. The molecule has 3 heteroatoms. The molecule has 0 amide bonds. The highest BCUT2D eigenvalue weighted by Gasteiger charge is 2.18. The molecule has 1 aromatic rings. The highest BCUT2D eigenvalue weighted by atomic mass is 79.9. The van der Waals surface area contributed by atoms with Crippen molar-refractivity contribution in [3.05, 3.63) is 28.2 Å². The quantitative estimate of drug-likeness (QED) is 0.739. The van der Waals surface area contributed by atoms with Gasteiger partial charge in [-0.3, -0.25) is 0 Å². The third kappa shape index (κ3) is 1.86. The van der Waals surface area contributed by atoms with Crippen molar-refractivity contribution in [2.24, 2.45) is 0 Å². The van der Waals surface area contributed by atoms with Crippen LogP contribution in [-0.4, -0.2) is 13.1 Å². The zero-order valence-corrected chi connectivity index (χ0v) is 8.97. The van der Waals surface area contributed by atoms with Crippen LogP contribution in [0, 0.1) is 0 Å². The first-order chi connectivity index (χ1) is 6.27. The van der Waals surface area contributed by atoms with Crippen LogP contribution in [0.4, 0.5) is 5.69 Å². The van der Waals surface area contributed by atoms with Crippen LogP contribution in [0.5, 0.6) is 0 Å². The third-order valence-electron chi connectivity index (χ3n) is 2.55. The van der Waals surface area contributed by atoms with Gasteiger partial charge in [-0.05, 0) is 36.6 Å². The number of hydrogen-bond donors (Lipinski definition) is 2. The first kappa shape index (κ1) is 9.03. The lowest BCUT2D eigenvalue weighted by molar-refractivity contribution is 0.766. The van der Waals surface area contributed by atoms with Gasteiger partial charge < -0.3 is 11.1 Å². The molecule has 70 valence electrons. The minimum Gasteiger partial charge on any atom is -0.398 e. The van der Waals surface area contributed by atoms with Gasteiger partial charge in [-0.15, -0.1) is 0 Å². The van der Waals surface area contributed by atoms with Crippen molar-refractivity contribution in [2.75, 3.05) is 18.8 Å². The summed E-state index contributed by atoms with van der Waals surface area (Å²) >= 11 is 3.41. The number of rotatable bonds is 1. The molecular formula is C10H13BrN2. The second-order valence-electron chi connectivity index (χ2n) is 3.46. The number of benzene rings is 1. The van der Waals surface area contributed by atoms with Crippen LogP contribution < -0.4 is 11.1 Å². The van der Waals surface area contributed by atoms with Gasteiger partial charge in [-0.25, -0.2) is 0 Å². The van der Waals surface area contributed by atoms with Crippen LogP contribution in [0.2, 0.25) is 0 Å². The normalized spacial score (nSPS) is 22.1. The Labute approximate surface area is 86.6 Å². The Morgan fingerprint density at radius 3 is 2.92 bits per heavy atom. The standard InChI is InChI=1S/C10H13BrN2/c11-8-1-2-9(10(12)5-8)7-3-4-13-6-7/h1-2,5,7,13H,3-4,6,12H2. The lowest BCUT2D eigenvalue weighted by atomic mass is 9.97. The molecule has 1 atom stereocenters. The van der Waals surface area contributed by atoms with Gasteiger partial charge in [0.2, 0.25) is 0 Å². The molecule has 1 aliphatic rings. The van der Waals surface area contributed by atoms with Crippen molar-refractivity contribution in [1.29, 1.82) is 0 Å². The van der Waals surface area contributed by atoms with Gasteiger partial charge in [0.1, 0.15) is 0 Å². The largest absolute Gasteiger partial charge is 0.398 e. The summed E-state index contributed by atoms with van der Waals surface area (Å²) < 4.78 is 1.06. The number of anilines is 1. The van der Waals surface area contributed by atoms with E-state index in [-0.39, 0.29) is 0 Å². The van der Waals surface area contributed by atoms with Gasteiger partial charge >= 0.3 is 0 Å². The summed E-state index contributed by atoms with van der Waals surface area (Å²) in [7, 11) is 0. The van der Waals surface area contributed by atoms with Crippen molar-refractivity contribution in [1.82, 2.24) is 5.32 Å². The molecule has 1 aromatic carbocycles. The van der Waals surface area contributed by atoms with Crippen molar-refractivity contribution in [2.45, 2.75) is 12.3 Å². The van der Waals surface area contributed by atoms with Crippen molar-refractivity contribution >= 4 is 21.6 Å². The molecule has 1 saturated heterocycles. The Morgan fingerprint density at radius 1 is 1.46 bits per heavy atom. The summed E-state index contributed by atoms with van der Waals surface area (Å²) in [4.78, 5) is 0. The highest BCUT2D eigenvalue weighted by Crippen LogP contribution is 2.29. The van der Waals surface area contributed by atoms with Gasteiger partial charge in [0.25, 0.3) is 0 Å². The molecule has 0 saturated carbocycles. The SMILES string of the molecule is Nc1cc(Br)ccc1C1CCNC1. The fourth-order valence-corrected chi connectivity index (χ4v) is 2.22. The topological polar surface area (TPSA) is 38.0 Å². The van der Waals surface area contributed by atoms with Gasteiger partial charge in [0, 0.05) is 16.7 Å². The summed E-state index contributed by atoms with van der Waals surface area (Å²) in [6.45, 7) is 2.17. The number of hydrogen-bond acceptors (Lipinski definition) is 2. The predicted octanol–water partition coefficient (Wildman–Crippen LogP) is 2.11. The molecule has 2 rings (SSSR count). The minimum absolute atomic E-state index is 0.605. The van der Waals surface area contributed by atoms with Crippen LogP contribution in [0.1, 0.15) is 17.9 Å². The number of nitrogen functional groups attached to an aromatic ring is 1. The first-order valence-corrected chi connectivity index (χ1v) is 5.32. The lowest BCUT2D eigenvalue weighted by Crippen LogP contribution is -2.09. The summed E-state index contributed by atoms with van der Waals surface area (Å²) in [5.41, 5.74) is 8.13. The van der Waals surface area contributed by atoms with E-state index in [1.165, 1.54) is 12.0 Å². The molecule has 0 aliphatic carbocycles. The van der Waals surface area contributed by atoms with Gasteiger partial charge in [0.15, 0.2) is 0 Å². The van der Waals surface area contributed by atoms with E-state index in [0.717, 1.165) is 23.2 Å². The smallest absolute Gasteiger partial charge is 0.0361 e. The molecule has 2 nitrogen and oxygen atoms in total. The monoisotopic (exact) mass is 240 g/mol. The van der Waals surface area contributed by atoms with Gasteiger partial charge in [-0.2, -0.15) is 0 Å². The maximum Gasteiger partial charge on any atom is 0.0361 e. The van der Waals surface area contributed by atoms with E-state index in [1.54, 1.807) is 0 Å². The second kappa shape index (κ2) is 3.68. The molecule has 1 fully saturated rings. The zero-order valence-electron chi connectivity index (χ0n) is 7.39. The third-order valence-corrected chi connectivity index (χ3v) is 3.04. The Bertz CT molecular complexity index is 306. The van der Waals surface area contributed by atoms with E-state index in [4.69, 9.17) is 5.73 Å². The van der Waals surface area contributed by atoms with Gasteiger partial charge in [0.05, 0.1) is 0 Å². The lowest BCUT2D eigenvalue weighted by Gasteiger charge is -2.11. The molecule has 1 unspecified atom stereocenters. The maximum absolute atomic E-state index is 5.94. The highest BCUT2D eigenvalue weighted by molar-refractivity contribution is 9.10. The Kier molecular flexibility index (Phi) is 2.56. The summed E-state index contributed by atoms with van der Waals surface area (Å²) in [5, 5.41) is 3.35. The van der Waals surface area contributed by atoms with Crippen LogP contribution in [0.25, 0.3) is 0 Å².